The number of nitrogens with one attached hydrogen (secondary N) is 1. The first-order chi connectivity index (χ1) is 8.06. The van der Waals surface area contributed by atoms with Gasteiger partial charge >= 0.3 is 0 Å². The number of carbonyl (C=O) groups is 1. The van der Waals surface area contributed by atoms with E-state index in [4.69, 9.17) is 11.6 Å². The normalized spacial score (nSPS) is 23.7. The second-order valence-electron chi connectivity index (χ2n) is 5.05. The molecule has 0 bridgehead atoms. The van der Waals surface area contributed by atoms with Crippen molar-refractivity contribution in [3.63, 3.8) is 0 Å². The van der Waals surface area contributed by atoms with Crippen molar-refractivity contribution in [2.24, 2.45) is 5.92 Å². The highest BCUT2D eigenvalue weighted by Crippen LogP contribution is 2.25. The van der Waals surface area contributed by atoms with Crippen molar-refractivity contribution in [3.05, 3.63) is 34.3 Å². The van der Waals surface area contributed by atoms with Crippen molar-refractivity contribution < 1.29 is 4.79 Å². The molecule has 1 aliphatic rings. The molecular formula is C14H18ClNO. The van der Waals surface area contributed by atoms with Crippen LogP contribution in [0.2, 0.25) is 5.02 Å². The lowest BCUT2D eigenvalue weighted by molar-refractivity contribution is 0.0936. The molecule has 2 rings (SSSR count). The van der Waals surface area contributed by atoms with E-state index in [0.717, 1.165) is 29.9 Å². The van der Waals surface area contributed by atoms with Crippen molar-refractivity contribution in [1.82, 2.24) is 5.32 Å². The topological polar surface area (TPSA) is 29.1 Å². The van der Waals surface area contributed by atoms with Crippen LogP contribution in [0.1, 0.15) is 42.1 Å². The molecule has 0 radical (unpaired) electrons. The highest BCUT2D eigenvalue weighted by Gasteiger charge is 2.23. The van der Waals surface area contributed by atoms with Gasteiger partial charge in [0.25, 0.3) is 5.91 Å². The molecule has 0 aromatic heterocycles. The summed E-state index contributed by atoms with van der Waals surface area (Å²) in [5, 5.41) is 3.78. The molecule has 1 aromatic carbocycles. The van der Waals surface area contributed by atoms with Crippen LogP contribution in [0, 0.1) is 12.8 Å². The van der Waals surface area contributed by atoms with Crippen molar-refractivity contribution in [2.75, 3.05) is 0 Å². The fourth-order valence-electron chi connectivity index (χ4n) is 2.48. The highest BCUT2D eigenvalue weighted by molar-refractivity contribution is 6.30. The molecule has 2 nitrogen and oxygen atoms in total. The van der Waals surface area contributed by atoms with Crippen LogP contribution in [-0.4, -0.2) is 11.9 Å². The molecule has 1 saturated carbocycles. The zero-order chi connectivity index (χ0) is 12.4. The van der Waals surface area contributed by atoms with Crippen LogP contribution in [0.25, 0.3) is 0 Å². The molecule has 3 heteroatoms. The van der Waals surface area contributed by atoms with Crippen molar-refractivity contribution in [3.8, 4) is 0 Å². The van der Waals surface area contributed by atoms with Crippen molar-refractivity contribution in [2.45, 2.75) is 39.2 Å². The molecule has 1 N–H and O–H groups in total. The van der Waals surface area contributed by atoms with E-state index in [1.165, 1.54) is 6.42 Å². The summed E-state index contributed by atoms with van der Waals surface area (Å²) in [7, 11) is 0. The average Bonchev–Trinajstić information content (AvgIpc) is 2.63. The maximum atomic E-state index is 12.1. The van der Waals surface area contributed by atoms with Gasteiger partial charge in [0, 0.05) is 16.6 Å². The minimum absolute atomic E-state index is 0.0262. The van der Waals surface area contributed by atoms with Crippen LogP contribution in [0.4, 0.5) is 0 Å². The zero-order valence-corrected chi connectivity index (χ0v) is 11.1. The predicted molar refractivity (Wildman–Crippen MR) is 70.5 cm³/mol. The van der Waals surface area contributed by atoms with Gasteiger partial charge in [-0.2, -0.15) is 0 Å². The van der Waals surface area contributed by atoms with Crippen molar-refractivity contribution in [1.29, 1.82) is 0 Å². The Balaban J connectivity index is 2.04. The molecule has 1 aliphatic carbocycles. The maximum absolute atomic E-state index is 12.1. The van der Waals surface area contributed by atoms with Crippen LogP contribution in [0.3, 0.4) is 0 Å². The summed E-state index contributed by atoms with van der Waals surface area (Å²) < 4.78 is 0. The van der Waals surface area contributed by atoms with Crippen LogP contribution < -0.4 is 5.32 Å². The third-order valence-electron chi connectivity index (χ3n) is 3.46. The fraction of sp³-hybridized carbons (Fsp3) is 0.500. The Kier molecular flexibility index (Phi) is 3.72. The molecule has 2 unspecified atom stereocenters. The first-order valence-corrected chi connectivity index (χ1v) is 6.51. The average molecular weight is 252 g/mol. The van der Waals surface area contributed by atoms with E-state index in [9.17, 15) is 4.79 Å². The number of hydrogen-bond donors (Lipinski definition) is 1. The van der Waals surface area contributed by atoms with Gasteiger partial charge in [0.1, 0.15) is 0 Å². The summed E-state index contributed by atoms with van der Waals surface area (Å²) in [4.78, 5) is 12.1. The van der Waals surface area contributed by atoms with Gasteiger partial charge in [-0.05, 0) is 55.9 Å². The Bertz CT molecular complexity index is 430. The number of hydrogen-bond acceptors (Lipinski definition) is 1. The molecule has 0 aliphatic heterocycles. The first kappa shape index (κ1) is 12.4. The zero-order valence-electron chi connectivity index (χ0n) is 10.3. The monoisotopic (exact) mass is 251 g/mol. The lowest BCUT2D eigenvalue weighted by atomic mass is 10.1. The molecule has 0 spiro atoms. The first-order valence-electron chi connectivity index (χ1n) is 6.13. The quantitative estimate of drug-likeness (QED) is 0.856. The minimum Gasteiger partial charge on any atom is -0.349 e. The maximum Gasteiger partial charge on any atom is 0.251 e. The summed E-state index contributed by atoms with van der Waals surface area (Å²) in [6, 6.07) is 5.73. The molecule has 1 fully saturated rings. The Morgan fingerprint density at radius 1 is 1.41 bits per heavy atom. The van der Waals surface area contributed by atoms with Crippen LogP contribution in [0.5, 0.6) is 0 Å². The van der Waals surface area contributed by atoms with Gasteiger partial charge in [-0.15, -0.1) is 0 Å². The number of aryl methyl sites for hydroxylation is 1. The summed E-state index contributed by atoms with van der Waals surface area (Å²) in [5.74, 6) is 0.755. The Hall–Kier alpha value is -1.02. The Labute approximate surface area is 107 Å². The minimum atomic E-state index is 0.0262. The van der Waals surface area contributed by atoms with E-state index < -0.39 is 0 Å². The summed E-state index contributed by atoms with van der Waals surface area (Å²) in [6.07, 6.45) is 3.41. The van der Waals surface area contributed by atoms with E-state index in [-0.39, 0.29) is 5.91 Å². The predicted octanol–water partition coefficient (Wildman–Crippen LogP) is 3.57. The second kappa shape index (κ2) is 5.09. The third kappa shape index (κ3) is 3.01. The van der Waals surface area contributed by atoms with Gasteiger partial charge in [-0.25, -0.2) is 0 Å². The lowest BCUT2D eigenvalue weighted by Crippen LogP contribution is -2.33. The SMILES string of the molecule is Cc1cc(Cl)ccc1C(=O)NC1CCC(C)C1. The number of amides is 1. The standard InChI is InChI=1S/C14H18ClNO/c1-9-3-5-12(7-9)16-14(17)13-6-4-11(15)8-10(13)2/h4,6,8-9,12H,3,5,7H2,1-2H3,(H,16,17). The summed E-state index contributed by atoms with van der Waals surface area (Å²) >= 11 is 5.88. The van der Waals surface area contributed by atoms with Gasteiger partial charge < -0.3 is 5.32 Å². The Morgan fingerprint density at radius 2 is 2.18 bits per heavy atom. The molecule has 92 valence electrons. The van der Waals surface area contributed by atoms with Gasteiger partial charge in [0.15, 0.2) is 0 Å². The highest BCUT2D eigenvalue weighted by atomic mass is 35.5. The molecule has 17 heavy (non-hydrogen) atoms. The molecule has 1 amide bonds. The van der Waals surface area contributed by atoms with Gasteiger partial charge in [-0.1, -0.05) is 18.5 Å². The number of halogens is 1. The third-order valence-corrected chi connectivity index (χ3v) is 3.70. The number of carbonyl (C=O) groups excluding carboxylic acids is 1. The molecular weight excluding hydrogens is 234 g/mol. The van der Waals surface area contributed by atoms with Crippen LogP contribution in [-0.2, 0) is 0 Å². The number of benzene rings is 1. The smallest absolute Gasteiger partial charge is 0.251 e. The van der Waals surface area contributed by atoms with E-state index in [0.29, 0.717) is 11.1 Å². The lowest BCUT2D eigenvalue weighted by Gasteiger charge is -2.13. The summed E-state index contributed by atoms with van der Waals surface area (Å²) in [5.41, 5.74) is 1.66. The van der Waals surface area contributed by atoms with E-state index >= 15 is 0 Å². The molecule has 0 heterocycles. The van der Waals surface area contributed by atoms with Crippen LogP contribution >= 0.6 is 11.6 Å². The molecule has 1 aromatic rings. The molecule has 2 atom stereocenters. The van der Waals surface area contributed by atoms with Crippen molar-refractivity contribution >= 4 is 17.5 Å². The van der Waals surface area contributed by atoms with E-state index in [1.807, 2.05) is 13.0 Å². The summed E-state index contributed by atoms with van der Waals surface area (Å²) in [6.45, 7) is 4.15. The second-order valence-corrected chi connectivity index (χ2v) is 5.48. The fourth-order valence-corrected chi connectivity index (χ4v) is 2.71. The van der Waals surface area contributed by atoms with Gasteiger partial charge in [-0.3, -0.25) is 4.79 Å². The van der Waals surface area contributed by atoms with Crippen LogP contribution in [0.15, 0.2) is 18.2 Å². The van der Waals surface area contributed by atoms with E-state index in [1.54, 1.807) is 12.1 Å². The number of rotatable bonds is 2. The largest absolute Gasteiger partial charge is 0.349 e. The molecule has 0 saturated heterocycles. The van der Waals surface area contributed by atoms with Gasteiger partial charge in [0.05, 0.1) is 0 Å². The van der Waals surface area contributed by atoms with E-state index in [2.05, 4.69) is 12.2 Å². The van der Waals surface area contributed by atoms with Gasteiger partial charge in [0.2, 0.25) is 0 Å². The Morgan fingerprint density at radius 3 is 2.76 bits per heavy atom.